The van der Waals surface area contributed by atoms with Crippen molar-refractivity contribution in [3.05, 3.63) is 95.1 Å². The summed E-state index contributed by atoms with van der Waals surface area (Å²) in [5.74, 6) is -0.377. The minimum Gasteiger partial charge on any atom is -0.448 e. The van der Waals surface area contributed by atoms with Crippen molar-refractivity contribution in [1.29, 1.82) is 0 Å². The van der Waals surface area contributed by atoms with E-state index in [2.05, 4.69) is 5.92 Å². The molecule has 0 saturated carbocycles. The summed E-state index contributed by atoms with van der Waals surface area (Å²) in [5.41, 5.74) is 4.51. The van der Waals surface area contributed by atoms with Crippen LogP contribution in [0.1, 0.15) is 37.8 Å². The largest absolute Gasteiger partial charge is 0.448 e. The Bertz CT molecular complexity index is 1360. The van der Waals surface area contributed by atoms with E-state index in [9.17, 15) is 19.2 Å². The predicted molar refractivity (Wildman–Crippen MR) is 129 cm³/mol. The molecule has 0 aromatic heterocycles. The minimum absolute atomic E-state index is 0.0430. The topological polar surface area (TPSA) is 93.2 Å². The molecule has 2 aliphatic rings. The third-order valence-corrected chi connectivity index (χ3v) is 6.15. The van der Waals surface area contributed by atoms with Crippen molar-refractivity contribution in [3.8, 4) is 23.5 Å². The van der Waals surface area contributed by atoms with Gasteiger partial charge in [-0.05, 0) is 34.4 Å². The van der Waals surface area contributed by atoms with E-state index in [4.69, 9.17) is 16.0 Å². The van der Waals surface area contributed by atoms with Crippen LogP contribution < -0.4 is 0 Å². The lowest BCUT2D eigenvalue weighted by Crippen LogP contribution is -2.41. The Morgan fingerprint density at radius 1 is 0.833 bits per heavy atom. The Morgan fingerprint density at radius 3 is 1.86 bits per heavy atom. The van der Waals surface area contributed by atoms with Gasteiger partial charge in [0, 0.05) is 5.92 Å². The molecule has 3 aromatic carbocycles. The molecule has 0 radical (unpaired) electrons. The van der Waals surface area contributed by atoms with E-state index in [-0.39, 0.29) is 30.2 Å². The van der Waals surface area contributed by atoms with E-state index in [1.807, 2.05) is 48.5 Å². The van der Waals surface area contributed by atoms with Crippen molar-refractivity contribution in [2.75, 3.05) is 19.7 Å². The van der Waals surface area contributed by atoms with Crippen LogP contribution in [0.25, 0.3) is 11.1 Å². The second-order valence-corrected chi connectivity index (χ2v) is 8.28. The fraction of sp³-hybridized carbons (Fsp3) is 0.143. The molecule has 0 N–H and O–H groups in total. The van der Waals surface area contributed by atoms with Crippen LogP contribution in [0.4, 0.5) is 4.79 Å². The number of carbonyl (C=O) groups excluding carboxylic acids is 4. The summed E-state index contributed by atoms with van der Waals surface area (Å²) in [7, 11) is 0. The first-order valence-corrected chi connectivity index (χ1v) is 11.2. The van der Waals surface area contributed by atoms with Crippen LogP contribution in [0.15, 0.2) is 72.8 Å². The Labute approximate surface area is 207 Å². The maximum absolute atomic E-state index is 12.8. The summed E-state index contributed by atoms with van der Waals surface area (Å²) >= 11 is 0. The molecule has 0 bridgehead atoms. The summed E-state index contributed by atoms with van der Waals surface area (Å²) in [4.78, 5) is 56.2. The number of rotatable bonds is 6. The molecule has 0 atom stereocenters. The van der Waals surface area contributed by atoms with Crippen molar-refractivity contribution in [1.82, 2.24) is 9.96 Å². The van der Waals surface area contributed by atoms with Gasteiger partial charge in [-0.1, -0.05) is 71.6 Å². The Morgan fingerprint density at radius 2 is 1.33 bits per heavy atom. The molecule has 0 saturated heterocycles. The monoisotopic (exact) mass is 480 g/mol. The first-order valence-electron chi connectivity index (χ1n) is 11.2. The molecule has 178 valence electrons. The molecule has 8 nitrogen and oxygen atoms in total. The average molecular weight is 480 g/mol. The number of carbonyl (C=O) groups is 4. The molecule has 1 aliphatic carbocycles. The highest BCUT2D eigenvalue weighted by Crippen LogP contribution is 2.44. The molecule has 36 heavy (non-hydrogen) atoms. The first kappa shape index (κ1) is 22.9. The van der Waals surface area contributed by atoms with Crippen LogP contribution in [0.3, 0.4) is 0 Å². The molecule has 5 rings (SSSR count). The number of imide groups is 1. The quantitative estimate of drug-likeness (QED) is 0.395. The van der Waals surface area contributed by atoms with E-state index in [1.54, 1.807) is 12.1 Å². The van der Waals surface area contributed by atoms with Crippen molar-refractivity contribution >= 4 is 23.9 Å². The summed E-state index contributed by atoms with van der Waals surface area (Å²) in [6.45, 7) is -0.788. The molecule has 0 spiro atoms. The number of ether oxygens (including phenoxy) is 1. The summed E-state index contributed by atoms with van der Waals surface area (Å²) < 4.78 is 5.55. The van der Waals surface area contributed by atoms with Gasteiger partial charge in [0.15, 0.2) is 0 Å². The number of hydroxylamine groups is 2. The zero-order valence-electron chi connectivity index (χ0n) is 19.0. The van der Waals surface area contributed by atoms with Crippen LogP contribution in [0.2, 0.25) is 0 Å². The Hall–Kier alpha value is -4.90. The lowest BCUT2D eigenvalue weighted by Gasteiger charge is -2.21. The maximum Gasteiger partial charge on any atom is 0.411 e. The van der Waals surface area contributed by atoms with Gasteiger partial charge in [-0.2, -0.15) is 0 Å². The third-order valence-electron chi connectivity index (χ3n) is 6.15. The lowest BCUT2D eigenvalue weighted by atomic mass is 9.98. The number of fused-ring (bicyclic) bond motifs is 4. The highest BCUT2D eigenvalue weighted by molar-refractivity contribution is 6.20. The maximum atomic E-state index is 12.8. The summed E-state index contributed by atoms with van der Waals surface area (Å²) in [6.07, 6.45) is 4.57. The lowest BCUT2D eigenvalue weighted by molar-refractivity contribution is -0.169. The van der Waals surface area contributed by atoms with Crippen molar-refractivity contribution < 1.29 is 28.8 Å². The van der Waals surface area contributed by atoms with E-state index in [0.717, 1.165) is 27.2 Å². The number of hydrogen-bond acceptors (Lipinski definition) is 6. The number of hydrogen-bond donors (Lipinski definition) is 0. The van der Waals surface area contributed by atoms with Gasteiger partial charge in [-0.3, -0.25) is 14.5 Å². The second-order valence-electron chi connectivity index (χ2n) is 8.28. The van der Waals surface area contributed by atoms with Crippen LogP contribution in [0, 0.1) is 12.3 Å². The molecule has 1 heterocycles. The highest BCUT2D eigenvalue weighted by Gasteiger charge is 2.39. The van der Waals surface area contributed by atoms with E-state index < -0.39 is 30.4 Å². The van der Waals surface area contributed by atoms with Gasteiger partial charge in [0.1, 0.15) is 13.2 Å². The smallest absolute Gasteiger partial charge is 0.411 e. The normalized spacial score (nSPS) is 13.5. The number of terminal acetylenes is 1. The molecular formula is C28H20N2O6. The zero-order valence-corrected chi connectivity index (χ0v) is 19.0. The minimum atomic E-state index is -1.01. The van der Waals surface area contributed by atoms with Gasteiger partial charge in [0.05, 0.1) is 17.7 Å². The fourth-order valence-electron chi connectivity index (χ4n) is 4.52. The van der Waals surface area contributed by atoms with Gasteiger partial charge in [-0.25, -0.2) is 9.59 Å². The van der Waals surface area contributed by atoms with E-state index in [1.165, 1.54) is 12.1 Å². The first-order chi connectivity index (χ1) is 17.5. The molecule has 1 aliphatic heterocycles. The van der Waals surface area contributed by atoms with Crippen molar-refractivity contribution in [2.45, 2.75) is 5.92 Å². The van der Waals surface area contributed by atoms with Gasteiger partial charge in [0.2, 0.25) is 0 Å². The van der Waals surface area contributed by atoms with Crippen molar-refractivity contribution in [2.24, 2.45) is 0 Å². The summed E-state index contributed by atoms with van der Waals surface area (Å²) in [5, 5.41) is 0.388. The SMILES string of the molecule is C#CCN(CC(=O)ON1C(=O)c2ccccc2C1=O)C(=O)OCC1c2ccccc2-c2ccccc21. The molecule has 0 fully saturated rings. The van der Waals surface area contributed by atoms with E-state index in [0.29, 0.717) is 5.06 Å². The van der Waals surface area contributed by atoms with Crippen LogP contribution in [-0.4, -0.2) is 53.5 Å². The number of nitrogens with zero attached hydrogens (tertiary/aromatic N) is 2. The van der Waals surface area contributed by atoms with Gasteiger partial charge >= 0.3 is 12.1 Å². The van der Waals surface area contributed by atoms with Crippen LogP contribution in [-0.2, 0) is 14.4 Å². The van der Waals surface area contributed by atoms with Gasteiger partial charge < -0.3 is 9.57 Å². The molecule has 8 heteroatoms. The molecule has 3 amide bonds. The van der Waals surface area contributed by atoms with Crippen molar-refractivity contribution in [3.63, 3.8) is 0 Å². The zero-order chi connectivity index (χ0) is 25.2. The van der Waals surface area contributed by atoms with E-state index >= 15 is 0 Å². The van der Waals surface area contributed by atoms with Crippen LogP contribution >= 0.6 is 0 Å². The van der Waals surface area contributed by atoms with Gasteiger partial charge in [-0.15, -0.1) is 6.42 Å². The standard InChI is InChI=1S/C28H20N2O6/c1-2-15-29(16-25(31)36-30-26(32)22-13-7-8-14-23(22)27(30)33)28(34)35-17-24-20-11-5-3-9-18(20)19-10-4-6-12-21(19)24/h1,3-14,24H,15-17H2. The number of amides is 3. The average Bonchev–Trinajstić information content (AvgIpc) is 3.34. The molecule has 3 aromatic rings. The third kappa shape index (κ3) is 3.97. The Kier molecular flexibility index (Phi) is 5.97. The number of benzene rings is 3. The van der Waals surface area contributed by atoms with Crippen LogP contribution in [0.5, 0.6) is 0 Å². The predicted octanol–water partition coefficient (Wildman–Crippen LogP) is 3.63. The molecular weight excluding hydrogens is 460 g/mol. The second kappa shape index (κ2) is 9.39. The summed E-state index contributed by atoms with van der Waals surface area (Å²) in [6, 6.07) is 21.9. The fourth-order valence-corrected chi connectivity index (χ4v) is 4.52. The highest BCUT2D eigenvalue weighted by atomic mass is 16.7. The Balaban J connectivity index is 1.24. The van der Waals surface area contributed by atoms with Gasteiger partial charge in [0.25, 0.3) is 11.8 Å². The molecule has 0 unspecified atom stereocenters.